The number of alkyl halides is 3. The molecule has 66 valence electrons. The first-order valence-corrected chi connectivity index (χ1v) is 2.72. The Hall–Kier alpha value is -0.780. The Kier molecular flexibility index (Phi) is 3.31. The van der Waals surface area contributed by atoms with Crippen molar-refractivity contribution in [1.82, 2.24) is 0 Å². The first-order chi connectivity index (χ1) is 4.88. The maximum absolute atomic E-state index is 11.6. The molecule has 0 aromatic heterocycles. The summed E-state index contributed by atoms with van der Waals surface area (Å²) in [4.78, 5) is 10.0. The second-order valence-corrected chi connectivity index (χ2v) is 1.82. The van der Waals surface area contributed by atoms with Crippen LogP contribution in [0.1, 0.15) is 6.92 Å². The van der Waals surface area contributed by atoms with Crippen molar-refractivity contribution in [2.24, 2.45) is 0 Å². The number of hydrogen-bond acceptors (Lipinski definition) is 3. The third-order valence-corrected chi connectivity index (χ3v) is 0.839. The Morgan fingerprint density at radius 3 is 2.18 bits per heavy atom. The van der Waals surface area contributed by atoms with Gasteiger partial charge < -0.3 is 9.84 Å². The summed E-state index contributed by atoms with van der Waals surface area (Å²) < 4.78 is 38.7. The van der Waals surface area contributed by atoms with Crippen LogP contribution < -0.4 is 0 Å². The monoisotopic (exact) mass is 172 g/mol. The number of aliphatic hydroxyl groups excluding tert-OH is 1. The van der Waals surface area contributed by atoms with Gasteiger partial charge in [-0.2, -0.15) is 13.2 Å². The number of carbonyl (C=O) groups is 1. The van der Waals surface area contributed by atoms with E-state index in [2.05, 4.69) is 4.74 Å². The number of hydrogen-bond donors (Lipinski definition) is 1. The quantitative estimate of drug-likeness (QED) is 0.616. The highest BCUT2D eigenvalue weighted by Gasteiger charge is 2.41. The summed E-state index contributed by atoms with van der Waals surface area (Å²) in [6.07, 6.45) is -7.10. The van der Waals surface area contributed by atoms with Crippen LogP contribution in [0.5, 0.6) is 0 Å². The molecule has 0 radical (unpaired) electrons. The summed E-state index contributed by atoms with van der Waals surface area (Å²) in [6, 6.07) is 0. The molecule has 0 spiro atoms. The number of aliphatic hydroxyl groups is 1. The molecule has 0 bridgehead atoms. The lowest BCUT2D eigenvalue weighted by molar-refractivity contribution is -0.227. The molecule has 0 saturated carbocycles. The van der Waals surface area contributed by atoms with E-state index >= 15 is 0 Å². The van der Waals surface area contributed by atoms with Gasteiger partial charge in [-0.25, -0.2) is 0 Å². The van der Waals surface area contributed by atoms with Crippen LogP contribution in [0.4, 0.5) is 13.2 Å². The molecule has 0 aliphatic carbocycles. The lowest BCUT2D eigenvalue weighted by Crippen LogP contribution is -2.36. The highest BCUT2D eigenvalue weighted by atomic mass is 19.4. The van der Waals surface area contributed by atoms with Crippen molar-refractivity contribution in [3.05, 3.63) is 0 Å². The molecule has 6 heteroatoms. The van der Waals surface area contributed by atoms with Crippen LogP contribution in [0.15, 0.2) is 0 Å². The molecule has 0 rings (SSSR count). The number of halogens is 3. The molecule has 0 amide bonds. The highest BCUT2D eigenvalue weighted by Crippen LogP contribution is 2.22. The third-order valence-electron chi connectivity index (χ3n) is 0.839. The first kappa shape index (κ1) is 10.2. The molecule has 0 fully saturated rings. The van der Waals surface area contributed by atoms with Gasteiger partial charge in [-0.1, -0.05) is 0 Å². The minimum Gasteiger partial charge on any atom is -0.450 e. The van der Waals surface area contributed by atoms with Gasteiger partial charge in [0.25, 0.3) is 0 Å². The molecule has 0 aliphatic heterocycles. The smallest absolute Gasteiger partial charge is 0.427 e. The van der Waals surface area contributed by atoms with Crippen molar-refractivity contribution in [2.75, 3.05) is 6.61 Å². The lowest BCUT2D eigenvalue weighted by Gasteiger charge is -2.16. The predicted octanol–water partition coefficient (Wildman–Crippen LogP) is 0.473. The van der Waals surface area contributed by atoms with E-state index in [4.69, 9.17) is 5.11 Å². The zero-order chi connectivity index (χ0) is 9.07. The van der Waals surface area contributed by atoms with Crippen LogP contribution in [0, 0.1) is 0 Å². The van der Waals surface area contributed by atoms with E-state index in [1.165, 1.54) is 0 Å². The van der Waals surface area contributed by atoms with Crippen molar-refractivity contribution >= 4 is 5.97 Å². The van der Waals surface area contributed by atoms with Gasteiger partial charge >= 0.3 is 12.1 Å². The van der Waals surface area contributed by atoms with E-state index in [1.807, 2.05) is 0 Å². The van der Waals surface area contributed by atoms with Crippen LogP contribution in [-0.2, 0) is 9.53 Å². The van der Waals surface area contributed by atoms with Gasteiger partial charge in [-0.05, 0) is 0 Å². The van der Waals surface area contributed by atoms with Gasteiger partial charge in [0.2, 0.25) is 6.10 Å². The fourth-order valence-corrected chi connectivity index (χ4v) is 0.408. The van der Waals surface area contributed by atoms with Gasteiger partial charge in [0.05, 0.1) is 6.61 Å². The Labute approximate surface area is 60.8 Å². The zero-order valence-corrected chi connectivity index (χ0v) is 5.68. The Balaban J connectivity index is 4.07. The number of rotatable bonds is 2. The largest absolute Gasteiger partial charge is 0.450 e. The summed E-state index contributed by atoms with van der Waals surface area (Å²) in [5, 5.41) is 8.11. The summed E-state index contributed by atoms with van der Waals surface area (Å²) in [5.41, 5.74) is 0. The third kappa shape index (κ3) is 3.82. The molecule has 0 aromatic carbocycles. The van der Waals surface area contributed by atoms with E-state index in [0.29, 0.717) is 0 Å². The second-order valence-electron chi connectivity index (χ2n) is 1.82. The van der Waals surface area contributed by atoms with Crippen molar-refractivity contribution in [3.63, 3.8) is 0 Å². The molecule has 11 heavy (non-hydrogen) atoms. The summed E-state index contributed by atoms with van der Waals surface area (Å²) in [6.45, 7) is -0.405. The zero-order valence-electron chi connectivity index (χ0n) is 5.68. The van der Waals surface area contributed by atoms with Crippen LogP contribution in [0.25, 0.3) is 0 Å². The van der Waals surface area contributed by atoms with Gasteiger partial charge in [0.15, 0.2) is 0 Å². The topological polar surface area (TPSA) is 46.5 Å². The Bertz CT molecular complexity index is 142. The minimum absolute atomic E-state index is 0.842. The normalized spacial score (nSPS) is 14.3. The number of esters is 1. The SMILES string of the molecule is CC(=O)OC(CO)C(F)(F)F. The van der Waals surface area contributed by atoms with Crippen molar-refractivity contribution < 1.29 is 27.8 Å². The van der Waals surface area contributed by atoms with E-state index in [9.17, 15) is 18.0 Å². The molecule has 0 saturated heterocycles. The standard InChI is InChI=1S/C5H7F3O3/c1-3(10)11-4(2-9)5(6,7)8/h4,9H,2H2,1H3. The van der Waals surface area contributed by atoms with Crippen LogP contribution >= 0.6 is 0 Å². The number of ether oxygens (including phenoxy) is 1. The molecule has 1 N–H and O–H groups in total. The van der Waals surface area contributed by atoms with Gasteiger partial charge in [0.1, 0.15) is 0 Å². The molecule has 1 atom stereocenters. The fraction of sp³-hybridized carbons (Fsp3) is 0.800. The van der Waals surface area contributed by atoms with E-state index < -0.39 is 24.9 Å². The van der Waals surface area contributed by atoms with Crippen LogP contribution in [-0.4, -0.2) is 30.0 Å². The fourth-order valence-electron chi connectivity index (χ4n) is 0.408. The highest BCUT2D eigenvalue weighted by molar-refractivity contribution is 5.66. The lowest BCUT2D eigenvalue weighted by atomic mass is 10.4. The van der Waals surface area contributed by atoms with E-state index in [1.54, 1.807) is 0 Å². The average Bonchev–Trinajstić information content (AvgIpc) is 1.79. The molecule has 0 aliphatic rings. The predicted molar refractivity (Wildman–Crippen MR) is 28.7 cm³/mol. The Morgan fingerprint density at radius 2 is 2.09 bits per heavy atom. The maximum Gasteiger partial charge on any atom is 0.427 e. The molecule has 1 unspecified atom stereocenters. The molecule has 0 aromatic rings. The van der Waals surface area contributed by atoms with Gasteiger partial charge in [0, 0.05) is 6.92 Å². The molecular weight excluding hydrogens is 165 g/mol. The van der Waals surface area contributed by atoms with Gasteiger partial charge in [-0.15, -0.1) is 0 Å². The van der Waals surface area contributed by atoms with E-state index in [0.717, 1.165) is 6.92 Å². The second kappa shape index (κ2) is 3.56. The summed E-state index contributed by atoms with van der Waals surface area (Å²) in [5.74, 6) is -1.07. The van der Waals surface area contributed by atoms with Gasteiger partial charge in [-0.3, -0.25) is 4.79 Å². The van der Waals surface area contributed by atoms with Crippen molar-refractivity contribution in [1.29, 1.82) is 0 Å². The minimum atomic E-state index is -4.69. The van der Waals surface area contributed by atoms with Crippen LogP contribution in [0.2, 0.25) is 0 Å². The number of carbonyl (C=O) groups excluding carboxylic acids is 1. The van der Waals surface area contributed by atoms with Crippen LogP contribution in [0.3, 0.4) is 0 Å². The first-order valence-electron chi connectivity index (χ1n) is 2.72. The van der Waals surface area contributed by atoms with E-state index in [-0.39, 0.29) is 0 Å². The molecule has 3 nitrogen and oxygen atoms in total. The van der Waals surface area contributed by atoms with Crippen molar-refractivity contribution in [3.8, 4) is 0 Å². The summed E-state index contributed by atoms with van der Waals surface area (Å²) >= 11 is 0. The molecular formula is C5H7F3O3. The maximum atomic E-state index is 11.6. The van der Waals surface area contributed by atoms with Crippen molar-refractivity contribution in [2.45, 2.75) is 19.2 Å². The summed E-state index contributed by atoms with van der Waals surface area (Å²) in [7, 11) is 0. The molecule has 0 heterocycles. The average molecular weight is 172 g/mol. The Morgan fingerprint density at radius 1 is 1.64 bits per heavy atom.